The van der Waals surface area contributed by atoms with E-state index in [1.54, 1.807) is 4.90 Å². The van der Waals surface area contributed by atoms with E-state index in [9.17, 15) is 9.59 Å². The first-order chi connectivity index (χ1) is 8.56. The van der Waals surface area contributed by atoms with Gasteiger partial charge in [-0.2, -0.15) is 0 Å². The summed E-state index contributed by atoms with van der Waals surface area (Å²) in [5.41, 5.74) is 0. The molecule has 1 heterocycles. The van der Waals surface area contributed by atoms with Crippen LogP contribution in [0, 0.1) is 5.92 Å². The van der Waals surface area contributed by atoms with E-state index in [4.69, 9.17) is 5.11 Å². The highest BCUT2D eigenvalue weighted by Crippen LogP contribution is 2.09. The molecule has 0 radical (unpaired) electrons. The van der Waals surface area contributed by atoms with E-state index in [0.29, 0.717) is 13.1 Å². The average Bonchev–Trinajstić information content (AvgIpc) is 2.63. The molecular formula is C12H23N3O3. The zero-order chi connectivity index (χ0) is 13.5. The topological polar surface area (TPSA) is 81.7 Å². The number of hydrogen-bond acceptors (Lipinski definition) is 3. The van der Waals surface area contributed by atoms with Crippen LogP contribution in [0.3, 0.4) is 0 Å². The van der Waals surface area contributed by atoms with Crippen molar-refractivity contribution in [2.75, 3.05) is 26.2 Å². The Kier molecular flexibility index (Phi) is 5.91. The van der Waals surface area contributed by atoms with Crippen LogP contribution in [0.25, 0.3) is 0 Å². The lowest BCUT2D eigenvalue weighted by molar-refractivity contribution is -0.140. The minimum absolute atomic E-state index is 0.0726. The van der Waals surface area contributed by atoms with Crippen LogP contribution in [-0.2, 0) is 4.79 Å². The first-order valence-corrected chi connectivity index (χ1v) is 6.55. The molecule has 0 spiro atoms. The van der Waals surface area contributed by atoms with Gasteiger partial charge in [0.05, 0.1) is 0 Å². The normalized spacial score (nSPS) is 19.8. The lowest BCUT2D eigenvalue weighted by Gasteiger charge is -2.25. The smallest absolute Gasteiger partial charge is 0.326 e. The maximum Gasteiger partial charge on any atom is 0.326 e. The van der Waals surface area contributed by atoms with Crippen molar-refractivity contribution < 1.29 is 14.7 Å². The van der Waals surface area contributed by atoms with Crippen molar-refractivity contribution in [1.29, 1.82) is 0 Å². The highest BCUT2D eigenvalue weighted by Gasteiger charge is 2.27. The number of rotatable bonds is 4. The number of amides is 2. The van der Waals surface area contributed by atoms with Crippen molar-refractivity contribution in [1.82, 2.24) is 15.5 Å². The molecule has 1 aliphatic heterocycles. The molecule has 1 rings (SSSR count). The van der Waals surface area contributed by atoms with Crippen LogP contribution in [0.4, 0.5) is 4.79 Å². The summed E-state index contributed by atoms with van der Waals surface area (Å²) in [7, 11) is 0. The van der Waals surface area contributed by atoms with Gasteiger partial charge in [0, 0.05) is 19.6 Å². The molecule has 6 heteroatoms. The third kappa shape index (κ3) is 4.18. The summed E-state index contributed by atoms with van der Waals surface area (Å²) < 4.78 is 0. The van der Waals surface area contributed by atoms with Crippen LogP contribution < -0.4 is 10.6 Å². The van der Waals surface area contributed by atoms with Crippen molar-refractivity contribution in [2.24, 2.45) is 5.92 Å². The summed E-state index contributed by atoms with van der Waals surface area (Å²) in [6, 6.07) is -1.08. The molecule has 0 bridgehead atoms. The van der Waals surface area contributed by atoms with E-state index in [2.05, 4.69) is 10.6 Å². The minimum atomic E-state index is -0.967. The van der Waals surface area contributed by atoms with Gasteiger partial charge in [-0.25, -0.2) is 9.59 Å². The Bertz CT molecular complexity index is 288. The zero-order valence-corrected chi connectivity index (χ0v) is 11.1. The average molecular weight is 257 g/mol. The predicted molar refractivity (Wildman–Crippen MR) is 68.5 cm³/mol. The second-order valence-electron chi connectivity index (χ2n) is 4.74. The molecule has 0 aromatic carbocycles. The number of urea groups is 1. The SMILES string of the molecule is CCC(C)C(NC(=O)N1CCCNCC1)C(=O)O. The van der Waals surface area contributed by atoms with Gasteiger partial charge in [-0.1, -0.05) is 20.3 Å². The molecule has 1 saturated heterocycles. The molecule has 2 amide bonds. The van der Waals surface area contributed by atoms with Crippen LogP contribution in [-0.4, -0.2) is 54.2 Å². The van der Waals surface area contributed by atoms with Gasteiger partial charge in [0.1, 0.15) is 6.04 Å². The van der Waals surface area contributed by atoms with Crippen molar-refractivity contribution in [3.63, 3.8) is 0 Å². The van der Waals surface area contributed by atoms with Crippen molar-refractivity contribution >= 4 is 12.0 Å². The van der Waals surface area contributed by atoms with Crippen LogP contribution >= 0.6 is 0 Å². The summed E-state index contributed by atoms with van der Waals surface area (Å²) in [6.45, 7) is 6.71. The Morgan fingerprint density at radius 1 is 1.39 bits per heavy atom. The summed E-state index contributed by atoms with van der Waals surface area (Å²) in [6.07, 6.45) is 1.62. The molecule has 2 unspecified atom stereocenters. The highest BCUT2D eigenvalue weighted by molar-refractivity contribution is 5.82. The van der Waals surface area contributed by atoms with Crippen LogP contribution in [0.2, 0.25) is 0 Å². The summed E-state index contributed by atoms with van der Waals surface area (Å²) in [5.74, 6) is -1.04. The Morgan fingerprint density at radius 2 is 2.11 bits per heavy atom. The lowest BCUT2D eigenvalue weighted by atomic mass is 9.99. The van der Waals surface area contributed by atoms with E-state index in [0.717, 1.165) is 25.9 Å². The molecule has 0 aliphatic carbocycles. The molecule has 2 atom stereocenters. The number of nitrogens with zero attached hydrogens (tertiary/aromatic N) is 1. The van der Waals surface area contributed by atoms with Crippen molar-refractivity contribution in [2.45, 2.75) is 32.7 Å². The summed E-state index contributed by atoms with van der Waals surface area (Å²) >= 11 is 0. The van der Waals surface area contributed by atoms with Gasteiger partial charge in [-0.05, 0) is 18.9 Å². The van der Waals surface area contributed by atoms with Gasteiger partial charge in [0.15, 0.2) is 0 Å². The Balaban J connectivity index is 2.56. The number of carboxylic acids is 1. The third-order valence-corrected chi connectivity index (χ3v) is 3.39. The molecule has 18 heavy (non-hydrogen) atoms. The molecule has 1 aliphatic rings. The van der Waals surface area contributed by atoms with E-state index < -0.39 is 12.0 Å². The molecule has 1 fully saturated rings. The number of nitrogens with one attached hydrogen (secondary N) is 2. The van der Waals surface area contributed by atoms with E-state index >= 15 is 0 Å². The number of hydrogen-bond donors (Lipinski definition) is 3. The fraction of sp³-hybridized carbons (Fsp3) is 0.833. The second-order valence-corrected chi connectivity index (χ2v) is 4.74. The fourth-order valence-corrected chi connectivity index (χ4v) is 1.96. The first kappa shape index (κ1) is 14.8. The molecule has 0 aromatic heterocycles. The monoisotopic (exact) mass is 257 g/mol. The van der Waals surface area contributed by atoms with Crippen molar-refractivity contribution in [3.8, 4) is 0 Å². The zero-order valence-electron chi connectivity index (χ0n) is 11.1. The maximum atomic E-state index is 12.0. The molecule has 104 valence electrons. The maximum absolute atomic E-state index is 12.0. The Hall–Kier alpha value is -1.30. The van der Waals surface area contributed by atoms with E-state index in [1.807, 2.05) is 13.8 Å². The number of aliphatic carboxylic acids is 1. The van der Waals surface area contributed by atoms with Crippen LogP contribution in [0.15, 0.2) is 0 Å². The number of carbonyl (C=O) groups is 2. The molecule has 6 nitrogen and oxygen atoms in total. The molecule has 3 N–H and O–H groups in total. The first-order valence-electron chi connectivity index (χ1n) is 6.55. The van der Waals surface area contributed by atoms with E-state index in [-0.39, 0.29) is 11.9 Å². The number of carboxylic acid groups (broad SMARTS) is 1. The summed E-state index contributed by atoms with van der Waals surface area (Å²) in [4.78, 5) is 24.8. The van der Waals surface area contributed by atoms with Gasteiger partial charge in [0.2, 0.25) is 0 Å². The van der Waals surface area contributed by atoms with Gasteiger partial charge in [-0.3, -0.25) is 0 Å². The second kappa shape index (κ2) is 7.20. The van der Waals surface area contributed by atoms with Gasteiger partial charge in [-0.15, -0.1) is 0 Å². The minimum Gasteiger partial charge on any atom is -0.480 e. The molecular weight excluding hydrogens is 234 g/mol. The third-order valence-electron chi connectivity index (χ3n) is 3.39. The molecule has 0 saturated carbocycles. The lowest BCUT2D eigenvalue weighted by Crippen LogP contribution is -2.51. The largest absolute Gasteiger partial charge is 0.480 e. The molecule has 0 aromatic rings. The predicted octanol–water partition coefficient (Wildman–Crippen LogP) is 0.491. The Morgan fingerprint density at radius 3 is 2.72 bits per heavy atom. The van der Waals surface area contributed by atoms with E-state index in [1.165, 1.54) is 0 Å². The van der Waals surface area contributed by atoms with Crippen LogP contribution in [0.1, 0.15) is 26.7 Å². The highest BCUT2D eigenvalue weighted by atomic mass is 16.4. The van der Waals surface area contributed by atoms with Gasteiger partial charge >= 0.3 is 12.0 Å². The quantitative estimate of drug-likeness (QED) is 0.684. The summed E-state index contributed by atoms with van der Waals surface area (Å²) in [5, 5.41) is 15.0. The Labute approximate surface area is 108 Å². The van der Waals surface area contributed by atoms with Crippen LogP contribution in [0.5, 0.6) is 0 Å². The standard InChI is InChI=1S/C12H23N3O3/c1-3-9(2)10(11(16)17)14-12(18)15-7-4-5-13-6-8-15/h9-10,13H,3-8H2,1-2H3,(H,14,18)(H,16,17). The fourth-order valence-electron chi connectivity index (χ4n) is 1.96. The van der Waals surface area contributed by atoms with Gasteiger partial charge in [0.25, 0.3) is 0 Å². The van der Waals surface area contributed by atoms with Gasteiger partial charge < -0.3 is 20.6 Å². The number of carbonyl (C=O) groups excluding carboxylic acids is 1. The van der Waals surface area contributed by atoms with Crippen molar-refractivity contribution in [3.05, 3.63) is 0 Å².